The molecule has 7 heteroatoms. The molecule has 0 aromatic carbocycles. The summed E-state index contributed by atoms with van der Waals surface area (Å²) in [4.78, 5) is 11.0. The topological polar surface area (TPSA) is 81.1 Å². The van der Waals surface area contributed by atoms with E-state index < -0.39 is 0 Å². The lowest BCUT2D eigenvalue weighted by Crippen LogP contribution is -2.32. The molecule has 0 radical (unpaired) electrons. The Morgan fingerprint density at radius 2 is 2.26 bits per heavy atom. The van der Waals surface area contributed by atoms with Crippen LogP contribution in [0.1, 0.15) is 35.5 Å². The van der Waals surface area contributed by atoms with Gasteiger partial charge in [0.2, 0.25) is 5.89 Å². The van der Waals surface area contributed by atoms with Gasteiger partial charge in [0, 0.05) is 17.5 Å². The first-order valence-electron chi connectivity index (χ1n) is 6.48. The van der Waals surface area contributed by atoms with E-state index in [-0.39, 0.29) is 0 Å². The van der Waals surface area contributed by atoms with Crippen LogP contribution in [0.2, 0.25) is 0 Å². The summed E-state index contributed by atoms with van der Waals surface area (Å²) in [5.74, 6) is 1.85. The van der Waals surface area contributed by atoms with Gasteiger partial charge in [-0.15, -0.1) is 11.3 Å². The summed E-state index contributed by atoms with van der Waals surface area (Å²) in [7, 11) is 0. The van der Waals surface area contributed by atoms with Crippen molar-refractivity contribution in [2.75, 3.05) is 13.1 Å². The van der Waals surface area contributed by atoms with Crippen LogP contribution in [-0.4, -0.2) is 33.1 Å². The van der Waals surface area contributed by atoms with E-state index in [0.717, 1.165) is 38.3 Å². The van der Waals surface area contributed by atoms with Crippen molar-refractivity contribution in [2.45, 2.75) is 31.8 Å². The summed E-state index contributed by atoms with van der Waals surface area (Å²) < 4.78 is 5.01. The fourth-order valence-corrected chi connectivity index (χ4v) is 3.22. The molecule has 3 rings (SSSR count). The maximum atomic E-state index is 5.45. The Morgan fingerprint density at radius 3 is 2.89 bits per heavy atom. The molecule has 19 heavy (non-hydrogen) atoms. The molecular weight excluding hydrogens is 262 g/mol. The highest BCUT2D eigenvalue weighted by molar-refractivity contribution is 7.09. The largest absolute Gasteiger partial charge is 0.338 e. The first-order chi connectivity index (χ1) is 9.35. The van der Waals surface area contributed by atoms with Crippen molar-refractivity contribution < 1.29 is 4.52 Å². The number of rotatable bonds is 4. The number of nitrogens with zero attached hydrogens (tertiary/aromatic N) is 4. The predicted molar refractivity (Wildman–Crippen MR) is 71.6 cm³/mol. The second-order valence-electron chi connectivity index (χ2n) is 4.73. The van der Waals surface area contributed by atoms with Crippen molar-refractivity contribution in [2.24, 2.45) is 5.73 Å². The fraction of sp³-hybridized carbons (Fsp3) is 0.583. The third-order valence-electron chi connectivity index (χ3n) is 3.44. The number of nitrogens with two attached hydrogens (primary N) is 1. The SMILES string of the molecule is NCc1nc(CN2CCC(c3nccs3)CC2)no1. The number of thiazole rings is 1. The van der Waals surface area contributed by atoms with Gasteiger partial charge in [-0.3, -0.25) is 4.90 Å². The first-order valence-corrected chi connectivity index (χ1v) is 7.36. The molecule has 0 aliphatic carbocycles. The number of hydrogen-bond acceptors (Lipinski definition) is 7. The van der Waals surface area contributed by atoms with Gasteiger partial charge >= 0.3 is 0 Å². The molecule has 1 fully saturated rings. The van der Waals surface area contributed by atoms with Crippen molar-refractivity contribution in [1.82, 2.24) is 20.0 Å². The van der Waals surface area contributed by atoms with Gasteiger partial charge in [0.25, 0.3) is 0 Å². The number of aromatic nitrogens is 3. The van der Waals surface area contributed by atoms with Crippen molar-refractivity contribution in [3.8, 4) is 0 Å². The van der Waals surface area contributed by atoms with E-state index >= 15 is 0 Å². The van der Waals surface area contributed by atoms with E-state index in [4.69, 9.17) is 10.3 Å². The number of hydrogen-bond donors (Lipinski definition) is 1. The Labute approximate surface area is 115 Å². The lowest BCUT2D eigenvalue weighted by Gasteiger charge is -2.29. The molecule has 0 atom stereocenters. The second kappa shape index (κ2) is 5.77. The highest BCUT2D eigenvalue weighted by Gasteiger charge is 2.23. The predicted octanol–water partition coefficient (Wildman–Crippen LogP) is 1.36. The van der Waals surface area contributed by atoms with Crippen LogP contribution in [0.15, 0.2) is 16.1 Å². The van der Waals surface area contributed by atoms with Crippen LogP contribution in [0.25, 0.3) is 0 Å². The molecule has 0 amide bonds. The second-order valence-corrected chi connectivity index (χ2v) is 5.66. The molecule has 1 aliphatic rings. The molecule has 0 unspecified atom stereocenters. The average molecular weight is 279 g/mol. The Morgan fingerprint density at radius 1 is 1.42 bits per heavy atom. The molecule has 1 aliphatic heterocycles. The molecular formula is C12H17N5OS. The summed E-state index contributed by atoms with van der Waals surface area (Å²) in [5.41, 5.74) is 5.45. The molecule has 2 aromatic rings. The third-order valence-corrected chi connectivity index (χ3v) is 4.38. The zero-order valence-corrected chi connectivity index (χ0v) is 11.5. The number of likely N-dealkylation sites (tertiary alicyclic amines) is 1. The Kier molecular flexibility index (Phi) is 3.86. The Bertz CT molecular complexity index is 504. The molecule has 0 saturated carbocycles. The van der Waals surface area contributed by atoms with Gasteiger partial charge in [-0.25, -0.2) is 4.98 Å². The highest BCUT2D eigenvalue weighted by Crippen LogP contribution is 2.29. The van der Waals surface area contributed by atoms with Gasteiger partial charge in [-0.05, 0) is 25.9 Å². The maximum absolute atomic E-state index is 5.45. The lowest BCUT2D eigenvalue weighted by atomic mass is 9.97. The monoisotopic (exact) mass is 279 g/mol. The van der Waals surface area contributed by atoms with Crippen molar-refractivity contribution >= 4 is 11.3 Å². The minimum atomic E-state index is 0.305. The lowest BCUT2D eigenvalue weighted by molar-refractivity contribution is 0.197. The molecule has 0 bridgehead atoms. The van der Waals surface area contributed by atoms with Gasteiger partial charge < -0.3 is 10.3 Å². The average Bonchev–Trinajstić information content (AvgIpc) is 3.10. The highest BCUT2D eigenvalue weighted by atomic mass is 32.1. The molecule has 0 spiro atoms. The summed E-state index contributed by atoms with van der Waals surface area (Å²) >= 11 is 1.76. The van der Waals surface area contributed by atoms with Gasteiger partial charge in [0.1, 0.15) is 0 Å². The summed E-state index contributed by atoms with van der Waals surface area (Å²) in [6.45, 7) is 3.15. The standard InChI is InChI=1S/C12H17N5OS/c13-7-11-15-10(16-18-11)8-17-4-1-9(2-5-17)12-14-3-6-19-12/h3,6,9H,1-2,4-5,7-8,13H2. The van der Waals surface area contributed by atoms with E-state index in [1.807, 2.05) is 6.20 Å². The van der Waals surface area contributed by atoms with Crippen molar-refractivity contribution in [1.29, 1.82) is 0 Å². The summed E-state index contributed by atoms with van der Waals surface area (Å²) in [5, 5.41) is 7.25. The number of piperidine rings is 1. The summed E-state index contributed by atoms with van der Waals surface area (Å²) in [6.07, 6.45) is 4.18. The Hall–Kier alpha value is -1.31. The van der Waals surface area contributed by atoms with Crippen LogP contribution in [0, 0.1) is 0 Å². The quantitative estimate of drug-likeness (QED) is 0.910. The van der Waals surface area contributed by atoms with E-state index in [1.54, 1.807) is 11.3 Å². The Balaban J connectivity index is 1.52. The molecule has 3 heterocycles. The van der Waals surface area contributed by atoms with E-state index in [0.29, 0.717) is 18.4 Å². The minimum Gasteiger partial charge on any atom is -0.338 e. The normalized spacial score (nSPS) is 17.9. The van der Waals surface area contributed by atoms with Gasteiger partial charge in [-0.1, -0.05) is 5.16 Å². The van der Waals surface area contributed by atoms with Gasteiger partial charge in [-0.2, -0.15) is 4.98 Å². The fourth-order valence-electron chi connectivity index (χ4n) is 2.41. The van der Waals surface area contributed by atoms with Crippen LogP contribution in [0.4, 0.5) is 0 Å². The first kappa shape index (κ1) is 12.7. The van der Waals surface area contributed by atoms with Crippen LogP contribution in [0.5, 0.6) is 0 Å². The van der Waals surface area contributed by atoms with Crippen LogP contribution in [0.3, 0.4) is 0 Å². The zero-order chi connectivity index (χ0) is 13.1. The maximum Gasteiger partial charge on any atom is 0.240 e. The molecule has 2 aromatic heterocycles. The molecule has 2 N–H and O–H groups in total. The zero-order valence-electron chi connectivity index (χ0n) is 10.7. The molecule has 1 saturated heterocycles. The van der Waals surface area contributed by atoms with Gasteiger partial charge in [0.05, 0.1) is 18.1 Å². The van der Waals surface area contributed by atoms with Gasteiger partial charge in [0.15, 0.2) is 5.82 Å². The minimum absolute atomic E-state index is 0.305. The van der Waals surface area contributed by atoms with Crippen LogP contribution in [-0.2, 0) is 13.1 Å². The van der Waals surface area contributed by atoms with Crippen LogP contribution >= 0.6 is 11.3 Å². The van der Waals surface area contributed by atoms with E-state index in [1.165, 1.54) is 5.01 Å². The molecule has 102 valence electrons. The van der Waals surface area contributed by atoms with Crippen LogP contribution < -0.4 is 5.73 Å². The van der Waals surface area contributed by atoms with Crippen molar-refractivity contribution in [3.63, 3.8) is 0 Å². The summed E-state index contributed by atoms with van der Waals surface area (Å²) in [6, 6.07) is 0. The van der Waals surface area contributed by atoms with E-state index in [2.05, 4.69) is 25.4 Å². The smallest absolute Gasteiger partial charge is 0.240 e. The van der Waals surface area contributed by atoms with Crippen molar-refractivity contribution in [3.05, 3.63) is 28.3 Å². The third kappa shape index (κ3) is 2.99. The van der Waals surface area contributed by atoms with E-state index in [9.17, 15) is 0 Å². The molecule has 6 nitrogen and oxygen atoms in total.